The van der Waals surface area contributed by atoms with Gasteiger partial charge in [0.1, 0.15) is 5.82 Å². The lowest BCUT2D eigenvalue weighted by Crippen LogP contribution is -2.20. The molecule has 11 heteroatoms. The van der Waals surface area contributed by atoms with Gasteiger partial charge in [-0.15, -0.1) is 0 Å². The zero-order valence-corrected chi connectivity index (χ0v) is 20.6. The van der Waals surface area contributed by atoms with Crippen molar-refractivity contribution in [2.75, 3.05) is 28.6 Å². The van der Waals surface area contributed by atoms with Crippen LogP contribution in [0.2, 0.25) is 5.02 Å². The van der Waals surface area contributed by atoms with E-state index < -0.39 is 22.8 Å². The Morgan fingerprint density at radius 3 is 2.32 bits per heavy atom. The summed E-state index contributed by atoms with van der Waals surface area (Å²) in [5.74, 6) is 0.497. The molecule has 2 N–H and O–H groups in total. The van der Waals surface area contributed by atoms with Crippen molar-refractivity contribution in [2.45, 2.75) is 19.0 Å². The SMILES string of the molecule is O=C(Nc1cccc(C(=O)c2ccc3ncc(N4CCCC4)nc3c2)c1)Nc1ccc(Cl)c(C(F)(F)F)c1. The molecule has 0 spiro atoms. The van der Waals surface area contributed by atoms with Crippen molar-refractivity contribution in [1.82, 2.24) is 9.97 Å². The van der Waals surface area contributed by atoms with Crippen LogP contribution in [0.15, 0.2) is 66.9 Å². The first-order valence-corrected chi connectivity index (χ1v) is 12.2. The third-order valence-electron chi connectivity index (χ3n) is 6.13. The molecular formula is C27H21ClF3N5O2. The number of alkyl halides is 3. The maximum Gasteiger partial charge on any atom is 0.417 e. The van der Waals surface area contributed by atoms with E-state index >= 15 is 0 Å². The molecule has 2 amide bonds. The molecule has 5 rings (SSSR count). The molecule has 1 aliphatic heterocycles. The van der Waals surface area contributed by atoms with E-state index in [4.69, 9.17) is 11.6 Å². The zero-order chi connectivity index (χ0) is 26.9. The average molecular weight is 540 g/mol. The van der Waals surface area contributed by atoms with Crippen LogP contribution in [0, 0.1) is 0 Å². The highest BCUT2D eigenvalue weighted by molar-refractivity contribution is 6.31. The zero-order valence-electron chi connectivity index (χ0n) is 19.8. The molecular weight excluding hydrogens is 519 g/mol. The van der Waals surface area contributed by atoms with Crippen molar-refractivity contribution < 1.29 is 22.8 Å². The summed E-state index contributed by atoms with van der Waals surface area (Å²) in [5, 5.41) is 4.41. The molecule has 0 atom stereocenters. The fourth-order valence-electron chi connectivity index (χ4n) is 4.26. The minimum Gasteiger partial charge on any atom is -0.355 e. The first kappa shape index (κ1) is 25.5. The predicted molar refractivity (Wildman–Crippen MR) is 140 cm³/mol. The molecule has 3 aromatic carbocycles. The number of nitrogens with one attached hydrogen (secondary N) is 2. The fraction of sp³-hybridized carbons (Fsp3) is 0.185. The average Bonchev–Trinajstić information content (AvgIpc) is 3.43. The second-order valence-corrected chi connectivity index (χ2v) is 9.21. The summed E-state index contributed by atoms with van der Waals surface area (Å²) in [7, 11) is 0. The standard InChI is InChI=1S/C27H21ClF3N5O2/c28-21-8-7-19(14-20(21)27(29,30)31)34-26(38)33-18-5-3-4-16(12-18)25(37)17-6-9-22-23(13-17)35-24(15-32-22)36-10-1-2-11-36/h3-9,12-15H,1-2,10-11H2,(H2,33,34,38). The molecule has 4 aromatic rings. The number of hydrogen-bond acceptors (Lipinski definition) is 5. The summed E-state index contributed by atoms with van der Waals surface area (Å²) in [6, 6.07) is 13.6. The van der Waals surface area contributed by atoms with Crippen LogP contribution in [-0.4, -0.2) is 34.9 Å². The smallest absolute Gasteiger partial charge is 0.355 e. The molecule has 38 heavy (non-hydrogen) atoms. The van der Waals surface area contributed by atoms with E-state index in [1.807, 2.05) is 0 Å². The van der Waals surface area contributed by atoms with Gasteiger partial charge in [-0.3, -0.25) is 9.78 Å². The molecule has 194 valence electrons. The Bertz CT molecular complexity index is 1540. The van der Waals surface area contributed by atoms with Gasteiger partial charge in [0.2, 0.25) is 0 Å². The minimum atomic E-state index is -4.66. The lowest BCUT2D eigenvalue weighted by atomic mass is 10.0. The number of rotatable bonds is 5. The first-order chi connectivity index (χ1) is 18.2. The summed E-state index contributed by atoms with van der Waals surface area (Å²) in [6.07, 6.45) is -0.711. The maximum atomic E-state index is 13.2. The number of urea groups is 1. The van der Waals surface area contributed by atoms with Crippen LogP contribution in [0.4, 0.5) is 35.2 Å². The van der Waals surface area contributed by atoms with Gasteiger partial charge < -0.3 is 15.5 Å². The van der Waals surface area contributed by atoms with E-state index in [9.17, 15) is 22.8 Å². The molecule has 0 saturated carbocycles. The second kappa shape index (κ2) is 10.3. The van der Waals surface area contributed by atoms with Gasteiger partial charge in [0, 0.05) is 35.6 Å². The third kappa shape index (κ3) is 5.55. The van der Waals surface area contributed by atoms with Crippen molar-refractivity contribution in [2.24, 2.45) is 0 Å². The second-order valence-electron chi connectivity index (χ2n) is 8.81. The van der Waals surface area contributed by atoms with Gasteiger partial charge >= 0.3 is 12.2 Å². The van der Waals surface area contributed by atoms with E-state index in [0.29, 0.717) is 22.2 Å². The Morgan fingerprint density at radius 2 is 1.58 bits per heavy atom. The first-order valence-electron chi connectivity index (χ1n) is 11.8. The van der Waals surface area contributed by atoms with E-state index in [2.05, 4.69) is 25.5 Å². The topological polar surface area (TPSA) is 87.2 Å². The van der Waals surface area contributed by atoms with Gasteiger partial charge in [0.15, 0.2) is 5.78 Å². The summed E-state index contributed by atoms with van der Waals surface area (Å²) >= 11 is 5.62. The predicted octanol–water partition coefficient (Wildman–Crippen LogP) is 6.78. The number of amides is 2. The Kier molecular flexibility index (Phi) is 6.90. The number of anilines is 3. The fourth-order valence-corrected chi connectivity index (χ4v) is 4.48. The van der Waals surface area contributed by atoms with Crippen LogP contribution in [-0.2, 0) is 6.18 Å². The number of fused-ring (bicyclic) bond motifs is 1. The summed E-state index contributed by atoms with van der Waals surface area (Å²) < 4.78 is 39.3. The number of halogens is 4. The van der Waals surface area contributed by atoms with Gasteiger partial charge in [-0.2, -0.15) is 13.2 Å². The molecule has 0 radical (unpaired) electrons. The molecule has 7 nitrogen and oxygen atoms in total. The molecule has 0 bridgehead atoms. The van der Waals surface area contributed by atoms with Crippen LogP contribution in [0.5, 0.6) is 0 Å². The van der Waals surface area contributed by atoms with Crippen molar-refractivity contribution in [3.63, 3.8) is 0 Å². The monoisotopic (exact) mass is 539 g/mol. The number of ketones is 1. The van der Waals surface area contributed by atoms with Gasteiger partial charge in [-0.05, 0) is 61.4 Å². The normalized spacial score (nSPS) is 13.5. The lowest BCUT2D eigenvalue weighted by molar-refractivity contribution is -0.137. The largest absolute Gasteiger partial charge is 0.417 e. The van der Waals surface area contributed by atoms with Crippen LogP contribution >= 0.6 is 11.6 Å². The molecule has 1 aliphatic rings. The summed E-state index contributed by atoms with van der Waals surface area (Å²) in [4.78, 5) is 37.0. The van der Waals surface area contributed by atoms with E-state index in [0.717, 1.165) is 43.9 Å². The maximum absolute atomic E-state index is 13.2. The Balaban J connectivity index is 1.31. The summed E-state index contributed by atoms with van der Waals surface area (Å²) in [5.41, 5.74) is 1.15. The van der Waals surface area contributed by atoms with Crippen molar-refractivity contribution in [1.29, 1.82) is 0 Å². The molecule has 1 fully saturated rings. The number of benzene rings is 3. The molecule has 0 unspecified atom stereocenters. The van der Waals surface area contributed by atoms with Crippen LogP contribution in [0.1, 0.15) is 34.3 Å². The molecule has 1 aromatic heterocycles. The van der Waals surface area contributed by atoms with E-state index in [1.165, 1.54) is 12.1 Å². The lowest BCUT2D eigenvalue weighted by Gasteiger charge is -2.16. The van der Waals surface area contributed by atoms with Crippen molar-refractivity contribution in [3.8, 4) is 0 Å². The Morgan fingerprint density at radius 1 is 0.868 bits per heavy atom. The number of carbonyl (C=O) groups is 2. The van der Waals surface area contributed by atoms with Gasteiger partial charge in [-0.1, -0.05) is 23.7 Å². The Hall–Kier alpha value is -4.18. The Labute approximate surface area is 220 Å². The van der Waals surface area contributed by atoms with Crippen molar-refractivity contribution in [3.05, 3.63) is 88.6 Å². The molecule has 2 heterocycles. The van der Waals surface area contributed by atoms with E-state index in [1.54, 1.807) is 42.6 Å². The van der Waals surface area contributed by atoms with Crippen LogP contribution in [0.25, 0.3) is 11.0 Å². The quantitative estimate of drug-likeness (QED) is 0.273. The number of hydrogen-bond donors (Lipinski definition) is 2. The number of aromatic nitrogens is 2. The van der Waals surface area contributed by atoms with E-state index in [-0.39, 0.29) is 17.2 Å². The van der Waals surface area contributed by atoms with Crippen molar-refractivity contribution >= 4 is 51.6 Å². The highest BCUT2D eigenvalue weighted by Crippen LogP contribution is 2.36. The van der Waals surface area contributed by atoms with Crippen LogP contribution in [0.3, 0.4) is 0 Å². The molecule has 0 aliphatic carbocycles. The molecule has 1 saturated heterocycles. The van der Waals surface area contributed by atoms with Crippen LogP contribution < -0.4 is 15.5 Å². The number of carbonyl (C=O) groups excluding carboxylic acids is 2. The van der Waals surface area contributed by atoms with Gasteiger partial charge in [-0.25, -0.2) is 9.78 Å². The summed E-state index contributed by atoms with van der Waals surface area (Å²) in [6.45, 7) is 1.85. The highest BCUT2D eigenvalue weighted by atomic mass is 35.5. The van der Waals surface area contributed by atoms with Gasteiger partial charge in [0.05, 0.1) is 27.8 Å². The minimum absolute atomic E-state index is 0.0861. The third-order valence-corrected chi connectivity index (χ3v) is 6.46. The number of nitrogens with zero attached hydrogens (tertiary/aromatic N) is 3. The van der Waals surface area contributed by atoms with Gasteiger partial charge in [0.25, 0.3) is 0 Å². The highest BCUT2D eigenvalue weighted by Gasteiger charge is 2.33.